The van der Waals surface area contributed by atoms with Crippen LogP contribution in [0.3, 0.4) is 0 Å². The monoisotopic (exact) mass is 516 g/mol. The molecule has 0 spiro atoms. The van der Waals surface area contributed by atoms with Crippen LogP contribution in [-0.4, -0.2) is 39.8 Å². The number of pyridine rings is 2. The first-order valence-electron chi connectivity index (χ1n) is 10.9. The highest BCUT2D eigenvalue weighted by atomic mass is 32.1. The summed E-state index contributed by atoms with van der Waals surface area (Å²) in [6.45, 7) is 8.43. The Kier molecular flexibility index (Phi) is 6.46. The molecule has 184 valence electrons. The van der Waals surface area contributed by atoms with Crippen LogP contribution in [0.25, 0.3) is 21.3 Å². The lowest BCUT2D eigenvalue weighted by Crippen LogP contribution is -2.30. The molecule has 0 unspecified atom stereocenters. The lowest BCUT2D eigenvalue weighted by Gasteiger charge is -2.10. The molecule has 1 amide bonds. The summed E-state index contributed by atoms with van der Waals surface area (Å²) in [5.41, 5.74) is 1.22. The third-order valence-electron chi connectivity index (χ3n) is 5.32. The van der Waals surface area contributed by atoms with Crippen molar-refractivity contribution in [3.8, 4) is 22.1 Å². The van der Waals surface area contributed by atoms with Gasteiger partial charge >= 0.3 is 0 Å². The summed E-state index contributed by atoms with van der Waals surface area (Å²) in [6, 6.07) is 4.99. The molecule has 0 saturated carbocycles. The Morgan fingerprint density at radius 2 is 2.06 bits per heavy atom. The van der Waals surface area contributed by atoms with Gasteiger partial charge in [-0.05, 0) is 46.2 Å². The first kappa shape index (κ1) is 24.9. The topological polar surface area (TPSA) is 106 Å². The summed E-state index contributed by atoms with van der Waals surface area (Å²) in [4.78, 5) is 32.9. The van der Waals surface area contributed by atoms with Crippen molar-refractivity contribution in [2.45, 2.75) is 26.8 Å². The number of fused-ring (bicyclic) bond motifs is 1. The van der Waals surface area contributed by atoms with Gasteiger partial charge in [0, 0.05) is 42.0 Å². The van der Waals surface area contributed by atoms with Gasteiger partial charge in [0.2, 0.25) is 5.88 Å². The Bertz CT molecular complexity index is 1560. The zero-order chi connectivity index (χ0) is 25.7. The van der Waals surface area contributed by atoms with Gasteiger partial charge in [-0.3, -0.25) is 9.59 Å². The molecule has 2 N–H and O–H groups in total. The minimum Gasteiger partial charge on any atom is -0.434 e. The number of H-pyrrole nitrogens is 1. The number of carbonyl (C=O) groups excluding carboxylic acids is 1. The van der Waals surface area contributed by atoms with Crippen molar-refractivity contribution < 1.29 is 18.5 Å². The molecule has 4 heterocycles. The zero-order valence-corrected chi connectivity index (χ0v) is 21.9. The SMILES string of the molecule is Cc1cccnc1Oc1c(-c2cn(C)c(=O)c3[nH]c(C(=O)NC(C)C)cc23)sc(P(C)(C)=O)c1F. The fraction of sp³-hybridized carbons (Fsp3) is 0.292. The van der Waals surface area contributed by atoms with E-state index in [4.69, 9.17) is 4.74 Å². The molecule has 0 aliphatic carbocycles. The number of nitrogens with one attached hydrogen (secondary N) is 2. The molecule has 0 radical (unpaired) electrons. The van der Waals surface area contributed by atoms with E-state index in [0.29, 0.717) is 21.4 Å². The molecule has 0 aliphatic heterocycles. The van der Waals surface area contributed by atoms with Gasteiger partial charge in [0.1, 0.15) is 23.0 Å². The Morgan fingerprint density at radius 3 is 2.69 bits per heavy atom. The number of thiophene rings is 1. The number of aryl methyl sites for hydroxylation is 2. The van der Waals surface area contributed by atoms with Crippen molar-refractivity contribution in [2.24, 2.45) is 7.05 Å². The minimum absolute atomic E-state index is 0.0754. The first-order chi connectivity index (χ1) is 16.4. The summed E-state index contributed by atoms with van der Waals surface area (Å²) in [5, 5.41) is 3.22. The number of nitrogens with zero attached hydrogens (tertiary/aromatic N) is 2. The van der Waals surface area contributed by atoms with Crippen LogP contribution < -0.4 is 20.2 Å². The number of carbonyl (C=O) groups is 1. The summed E-state index contributed by atoms with van der Waals surface area (Å²) in [6.07, 6.45) is 3.10. The van der Waals surface area contributed by atoms with E-state index in [1.165, 1.54) is 24.1 Å². The number of aromatic nitrogens is 3. The molecular formula is C24H26FN4O4PS. The third kappa shape index (κ3) is 4.68. The van der Waals surface area contributed by atoms with Crippen LogP contribution in [0.2, 0.25) is 0 Å². The van der Waals surface area contributed by atoms with Gasteiger partial charge in [0.25, 0.3) is 11.5 Å². The van der Waals surface area contributed by atoms with Crippen LogP contribution in [0.4, 0.5) is 4.39 Å². The molecule has 0 fully saturated rings. The average molecular weight is 517 g/mol. The summed E-state index contributed by atoms with van der Waals surface area (Å²) >= 11 is 1.01. The molecule has 8 nitrogen and oxygen atoms in total. The Hall–Kier alpha value is -3.23. The molecule has 0 aliphatic rings. The van der Waals surface area contributed by atoms with E-state index in [1.54, 1.807) is 38.4 Å². The second-order valence-corrected chi connectivity index (χ2v) is 13.5. The van der Waals surface area contributed by atoms with E-state index in [-0.39, 0.29) is 45.0 Å². The van der Waals surface area contributed by atoms with Gasteiger partial charge < -0.3 is 24.2 Å². The van der Waals surface area contributed by atoms with Gasteiger partial charge in [-0.2, -0.15) is 0 Å². The molecule has 0 bridgehead atoms. The molecule has 0 saturated heterocycles. The Morgan fingerprint density at radius 1 is 1.34 bits per heavy atom. The van der Waals surface area contributed by atoms with Crippen molar-refractivity contribution in [1.29, 1.82) is 0 Å². The van der Waals surface area contributed by atoms with Gasteiger partial charge in [-0.1, -0.05) is 6.07 Å². The minimum atomic E-state index is -3.00. The average Bonchev–Trinajstić information content (AvgIpc) is 3.35. The number of aromatic amines is 1. The zero-order valence-electron chi connectivity index (χ0n) is 20.2. The summed E-state index contributed by atoms with van der Waals surface area (Å²) < 4.78 is 36.0. The maximum Gasteiger partial charge on any atom is 0.274 e. The second-order valence-electron chi connectivity index (χ2n) is 9.02. The quantitative estimate of drug-likeness (QED) is 0.364. The number of hydrogen-bond donors (Lipinski definition) is 2. The van der Waals surface area contributed by atoms with Crippen LogP contribution in [0.15, 0.2) is 35.4 Å². The van der Waals surface area contributed by atoms with Crippen LogP contribution in [-0.2, 0) is 11.6 Å². The van der Waals surface area contributed by atoms with Gasteiger partial charge in [0.15, 0.2) is 11.6 Å². The van der Waals surface area contributed by atoms with E-state index < -0.39 is 13.0 Å². The van der Waals surface area contributed by atoms with Crippen molar-refractivity contribution in [1.82, 2.24) is 19.9 Å². The predicted octanol–water partition coefficient (Wildman–Crippen LogP) is 4.62. The number of ether oxygens (including phenoxy) is 1. The molecule has 4 rings (SSSR count). The Labute approximate surface area is 205 Å². The van der Waals surface area contributed by atoms with Gasteiger partial charge in [0.05, 0.1) is 4.88 Å². The van der Waals surface area contributed by atoms with Crippen LogP contribution in [0.5, 0.6) is 11.6 Å². The van der Waals surface area contributed by atoms with Crippen LogP contribution in [0.1, 0.15) is 29.9 Å². The highest BCUT2D eigenvalue weighted by molar-refractivity contribution is 7.75. The van der Waals surface area contributed by atoms with Crippen molar-refractivity contribution in [3.63, 3.8) is 0 Å². The first-order valence-corrected chi connectivity index (χ1v) is 14.3. The second kappa shape index (κ2) is 9.09. The highest BCUT2D eigenvalue weighted by Gasteiger charge is 2.30. The third-order valence-corrected chi connectivity index (χ3v) is 9.06. The lowest BCUT2D eigenvalue weighted by molar-refractivity contribution is 0.0939. The summed E-state index contributed by atoms with van der Waals surface area (Å²) in [7, 11) is -1.44. The number of halogens is 1. The van der Waals surface area contributed by atoms with E-state index >= 15 is 4.39 Å². The maximum atomic E-state index is 15.7. The molecule has 0 aromatic carbocycles. The van der Waals surface area contributed by atoms with Gasteiger partial charge in [-0.25, -0.2) is 9.37 Å². The number of amides is 1. The predicted molar refractivity (Wildman–Crippen MR) is 138 cm³/mol. The standard InChI is InChI=1S/C24H26FN4O4PS/c1-12(2)27-21(30)16-10-14-15(11-29(4)23(31)18(14)28-16)20-19(17(25)24(35-20)34(5,6)32)33-22-13(3)8-7-9-26-22/h7-12,28H,1-6H3,(H,27,30). The van der Waals surface area contributed by atoms with E-state index in [9.17, 15) is 14.2 Å². The molecule has 4 aromatic heterocycles. The summed E-state index contributed by atoms with van der Waals surface area (Å²) in [5.74, 6) is -0.996. The fourth-order valence-electron chi connectivity index (χ4n) is 3.65. The smallest absolute Gasteiger partial charge is 0.274 e. The molecule has 35 heavy (non-hydrogen) atoms. The van der Waals surface area contributed by atoms with Crippen LogP contribution in [0, 0.1) is 12.7 Å². The molecule has 4 aromatic rings. The highest BCUT2D eigenvalue weighted by Crippen LogP contribution is 2.49. The van der Waals surface area contributed by atoms with E-state index in [1.807, 2.05) is 13.8 Å². The molecule has 11 heteroatoms. The van der Waals surface area contributed by atoms with Crippen LogP contribution >= 0.6 is 18.5 Å². The lowest BCUT2D eigenvalue weighted by atomic mass is 10.1. The van der Waals surface area contributed by atoms with Crippen molar-refractivity contribution in [3.05, 3.63) is 58.0 Å². The molecule has 0 atom stereocenters. The van der Waals surface area contributed by atoms with Gasteiger partial charge in [-0.15, -0.1) is 11.3 Å². The maximum absolute atomic E-state index is 15.7. The van der Waals surface area contributed by atoms with Crippen molar-refractivity contribution >= 4 is 39.9 Å². The van der Waals surface area contributed by atoms with E-state index in [0.717, 1.165) is 11.3 Å². The normalized spacial score (nSPS) is 11.9. The Balaban J connectivity index is 2.00. The van der Waals surface area contributed by atoms with E-state index in [2.05, 4.69) is 15.3 Å². The fourth-order valence-corrected chi connectivity index (χ4v) is 6.25. The molecular weight excluding hydrogens is 490 g/mol. The largest absolute Gasteiger partial charge is 0.434 e. The van der Waals surface area contributed by atoms with Crippen molar-refractivity contribution in [2.75, 3.05) is 13.3 Å². The number of rotatable bonds is 6. The number of hydrogen-bond acceptors (Lipinski definition) is 6.